The molecule has 1 aromatic carbocycles. The molecule has 1 aromatic heterocycles. The van der Waals surface area contributed by atoms with Crippen LogP contribution in [0.1, 0.15) is 64.6 Å². The highest BCUT2D eigenvalue weighted by Gasteiger charge is 2.43. The maximum absolute atomic E-state index is 13.7. The molecule has 1 aliphatic rings. The van der Waals surface area contributed by atoms with Crippen molar-refractivity contribution in [2.45, 2.75) is 51.0 Å². The third-order valence-electron chi connectivity index (χ3n) is 4.99. The molecule has 0 spiro atoms. The van der Waals surface area contributed by atoms with Gasteiger partial charge in [0.05, 0.1) is 17.2 Å². The third kappa shape index (κ3) is 3.35. The number of carbonyl (C=O) groups is 2. The molecule has 5 nitrogen and oxygen atoms in total. The standard InChI is InChI=1S/C19H21FN2O3S/c1-11-15(17(23)24)26-16(21-11)12(2)22-18(25)19(8-3-4-9-19)13-6-5-7-14(20)10-13/h5-7,10,12H,3-4,8-9H2,1-2H3,(H,22,25)(H,23,24). The van der Waals surface area contributed by atoms with Crippen molar-refractivity contribution in [3.05, 3.63) is 51.2 Å². The summed E-state index contributed by atoms with van der Waals surface area (Å²) >= 11 is 1.07. The van der Waals surface area contributed by atoms with Gasteiger partial charge in [0.15, 0.2) is 0 Å². The quantitative estimate of drug-likeness (QED) is 0.827. The lowest BCUT2D eigenvalue weighted by Crippen LogP contribution is -2.43. The molecule has 1 amide bonds. The average molecular weight is 376 g/mol. The van der Waals surface area contributed by atoms with Gasteiger partial charge >= 0.3 is 5.97 Å². The number of halogens is 1. The number of benzene rings is 1. The highest BCUT2D eigenvalue weighted by atomic mass is 32.1. The fraction of sp³-hybridized carbons (Fsp3) is 0.421. The molecule has 0 saturated heterocycles. The summed E-state index contributed by atoms with van der Waals surface area (Å²) in [7, 11) is 0. The summed E-state index contributed by atoms with van der Waals surface area (Å²) in [6.07, 6.45) is 3.17. The van der Waals surface area contributed by atoms with E-state index in [1.165, 1.54) is 12.1 Å². The van der Waals surface area contributed by atoms with E-state index in [4.69, 9.17) is 0 Å². The van der Waals surface area contributed by atoms with Gasteiger partial charge in [0.25, 0.3) is 0 Å². The van der Waals surface area contributed by atoms with E-state index in [1.807, 2.05) is 0 Å². The van der Waals surface area contributed by atoms with Gasteiger partial charge in [-0.1, -0.05) is 25.0 Å². The van der Waals surface area contributed by atoms with Crippen molar-refractivity contribution in [2.75, 3.05) is 0 Å². The zero-order chi connectivity index (χ0) is 18.9. The van der Waals surface area contributed by atoms with Gasteiger partial charge in [0, 0.05) is 0 Å². The molecular formula is C19H21FN2O3S. The van der Waals surface area contributed by atoms with E-state index in [0.29, 0.717) is 29.1 Å². The predicted molar refractivity (Wildman–Crippen MR) is 96.9 cm³/mol. The normalized spacial score (nSPS) is 17.0. The molecule has 1 aliphatic carbocycles. The van der Waals surface area contributed by atoms with E-state index in [0.717, 1.165) is 24.2 Å². The van der Waals surface area contributed by atoms with Crippen LogP contribution in [0, 0.1) is 12.7 Å². The van der Waals surface area contributed by atoms with Crippen LogP contribution in [0.5, 0.6) is 0 Å². The molecule has 1 atom stereocenters. The Morgan fingerprint density at radius 1 is 1.35 bits per heavy atom. The molecular weight excluding hydrogens is 355 g/mol. The highest BCUT2D eigenvalue weighted by molar-refractivity contribution is 7.13. The first-order valence-electron chi connectivity index (χ1n) is 8.61. The summed E-state index contributed by atoms with van der Waals surface area (Å²) in [4.78, 5) is 28.8. The van der Waals surface area contributed by atoms with E-state index < -0.39 is 17.4 Å². The zero-order valence-electron chi connectivity index (χ0n) is 14.7. The van der Waals surface area contributed by atoms with Crippen molar-refractivity contribution in [3.63, 3.8) is 0 Å². The van der Waals surface area contributed by atoms with Gasteiger partial charge in [-0.15, -0.1) is 11.3 Å². The van der Waals surface area contributed by atoms with Crippen molar-refractivity contribution in [2.24, 2.45) is 0 Å². The minimum atomic E-state index is -1.02. The number of aromatic carboxylic acids is 1. The second kappa shape index (κ2) is 7.15. The number of aryl methyl sites for hydroxylation is 1. The number of nitrogens with one attached hydrogen (secondary N) is 1. The van der Waals surface area contributed by atoms with Crippen molar-refractivity contribution >= 4 is 23.2 Å². The van der Waals surface area contributed by atoms with Crippen molar-refractivity contribution in [1.29, 1.82) is 0 Å². The minimum Gasteiger partial charge on any atom is -0.477 e. The lowest BCUT2D eigenvalue weighted by Gasteiger charge is -2.29. The molecule has 0 radical (unpaired) electrons. The number of carbonyl (C=O) groups excluding carboxylic acids is 1. The molecule has 2 aromatic rings. The van der Waals surface area contributed by atoms with E-state index >= 15 is 0 Å². The fourth-order valence-corrected chi connectivity index (χ4v) is 4.52. The van der Waals surface area contributed by atoms with Crippen molar-refractivity contribution in [1.82, 2.24) is 10.3 Å². The Bertz CT molecular complexity index is 843. The molecule has 26 heavy (non-hydrogen) atoms. The average Bonchev–Trinajstić information content (AvgIpc) is 3.22. The van der Waals surface area contributed by atoms with Gasteiger partial charge in [-0.05, 0) is 44.4 Å². The van der Waals surface area contributed by atoms with Gasteiger partial charge in [-0.25, -0.2) is 14.2 Å². The first kappa shape index (κ1) is 18.5. The maximum Gasteiger partial charge on any atom is 0.347 e. The molecule has 1 unspecified atom stereocenters. The zero-order valence-corrected chi connectivity index (χ0v) is 15.5. The maximum atomic E-state index is 13.7. The Kier molecular flexibility index (Phi) is 5.09. The number of hydrogen-bond donors (Lipinski definition) is 2. The monoisotopic (exact) mass is 376 g/mol. The van der Waals surface area contributed by atoms with E-state index in [9.17, 15) is 19.1 Å². The molecule has 138 valence electrons. The lowest BCUT2D eigenvalue weighted by atomic mass is 9.77. The Balaban J connectivity index is 1.85. The van der Waals surface area contributed by atoms with Crippen LogP contribution in [0.15, 0.2) is 24.3 Å². The van der Waals surface area contributed by atoms with E-state index in [-0.39, 0.29) is 16.6 Å². The van der Waals surface area contributed by atoms with Gasteiger partial charge < -0.3 is 10.4 Å². The molecule has 0 aliphatic heterocycles. The topological polar surface area (TPSA) is 79.3 Å². The van der Waals surface area contributed by atoms with Crippen LogP contribution in [-0.2, 0) is 10.2 Å². The summed E-state index contributed by atoms with van der Waals surface area (Å²) in [5, 5.41) is 12.7. The third-order valence-corrected chi connectivity index (χ3v) is 6.32. The SMILES string of the molecule is Cc1nc(C(C)NC(=O)C2(c3cccc(F)c3)CCCC2)sc1C(=O)O. The Morgan fingerprint density at radius 2 is 2.04 bits per heavy atom. The van der Waals surface area contributed by atoms with Crippen LogP contribution in [-0.4, -0.2) is 22.0 Å². The number of hydrogen-bond acceptors (Lipinski definition) is 4. The highest BCUT2D eigenvalue weighted by Crippen LogP contribution is 2.42. The lowest BCUT2D eigenvalue weighted by molar-refractivity contribution is -0.127. The molecule has 1 heterocycles. The van der Waals surface area contributed by atoms with E-state index in [1.54, 1.807) is 26.0 Å². The number of amides is 1. The Hall–Kier alpha value is -2.28. The Labute approximate surface area is 155 Å². The van der Waals surface area contributed by atoms with Crippen LogP contribution in [0.25, 0.3) is 0 Å². The Morgan fingerprint density at radius 3 is 2.62 bits per heavy atom. The first-order valence-corrected chi connectivity index (χ1v) is 9.43. The summed E-state index contributed by atoms with van der Waals surface area (Å²) in [5.74, 6) is -1.52. The van der Waals surface area contributed by atoms with Crippen molar-refractivity contribution < 1.29 is 19.1 Å². The molecule has 0 bridgehead atoms. The van der Waals surface area contributed by atoms with Crippen LogP contribution >= 0.6 is 11.3 Å². The van der Waals surface area contributed by atoms with Gasteiger partial charge in [-0.2, -0.15) is 0 Å². The number of carboxylic acids is 1. The van der Waals surface area contributed by atoms with Gasteiger partial charge in [0.1, 0.15) is 15.7 Å². The second-order valence-electron chi connectivity index (χ2n) is 6.77. The first-order chi connectivity index (χ1) is 12.3. The van der Waals surface area contributed by atoms with Gasteiger partial charge in [-0.3, -0.25) is 4.79 Å². The predicted octanol–water partition coefficient (Wildman–Crippen LogP) is 3.98. The van der Waals surface area contributed by atoms with Crippen LogP contribution in [0.4, 0.5) is 4.39 Å². The molecule has 1 fully saturated rings. The summed E-state index contributed by atoms with van der Waals surface area (Å²) in [5.41, 5.74) is 0.402. The van der Waals surface area contributed by atoms with Crippen molar-refractivity contribution in [3.8, 4) is 0 Å². The smallest absolute Gasteiger partial charge is 0.347 e. The van der Waals surface area contributed by atoms with Crippen LogP contribution < -0.4 is 5.32 Å². The van der Waals surface area contributed by atoms with E-state index in [2.05, 4.69) is 10.3 Å². The molecule has 7 heteroatoms. The summed E-state index contributed by atoms with van der Waals surface area (Å²) < 4.78 is 13.7. The number of thiazole rings is 1. The second-order valence-corrected chi connectivity index (χ2v) is 7.80. The van der Waals surface area contributed by atoms with Crippen LogP contribution in [0.2, 0.25) is 0 Å². The van der Waals surface area contributed by atoms with Gasteiger partial charge in [0.2, 0.25) is 5.91 Å². The molecule has 3 rings (SSSR count). The number of aromatic nitrogens is 1. The largest absolute Gasteiger partial charge is 0.477 e. The number of carboxylic acid groups (broad SMARTS) is 1. The molecule has 1 saturated carbocycles. The number of rotatable bonds is 5. The fourth-order valence-electron chi connectivity index (χ4n) is 3.61. The summed E-state index contributed by atoms with van der Waals surface area (Å²) in [6, 6.07) is 5.83. The summed E-state index contributed by atoms with van der Waals surface area (Å²) in [6.45, 7) is 3.43. The number of nitrogens with zero attached hydrogens (tertiary/aromatic N) is 1. The molecule has 2 N–H and O–H groups in total. The minimum absolute atomic E-state index is 0.155. The van der Waals surface area contributed by atoms with Crippen LogP contribution in [0.3, 0.4) is 0 Å².